The lowest BCUT2D eigenvalue weighted by Gasteiger charge is -2.26. The van der Waals surface area contributed by atoms with Crippen LogP contribution in [0.25, 0.3) is 0 Å². The lowest BCUT2D eigenvalue weighted by atomic mass is 9.93. The van der Waals surface area contributed by atoms with Crippen LogP contribution in [-0.2, 0) is 4.74 Å². The third-order valence-electron chi connectivity index (χ3n) is 4.83. The highest BCUT2D eigenvalue weighted by atomic mass is 16.5. The van der Waals surface area contributed by atoms with Crippen molar-refractivity contribution in [3.63, 3.8) is 0 Å². The molecule has 0 radical (unpaired) electrons. The summed E-state index contributed by atoms with van der Waals surface area (Å²) in [6, 6.07) is 0.630. The Morgan fingerprint density at radius 2 is 2.18 bits per heavy atom. The van der Waals surface area contributed by atoms with E-state index in [2.05, 4.69) is 18.5 Å². The Labute approximate surface area is 105 Å². The summed E-state index contributed by atoms with van der Waals surface area (Å²) in [7, 11) is 0. The molecule has 3 aliphatic rings. The average Bonchev–Trinajstić information content (AvgIpc) is 2.85. The maximum absolute atomic E-state index is 5.54. The molecule has 3 atom stereocenters. The predicted octanol–water partition coefficient (Wildman–Crippen LogP) is 3.10. The molecule has 0 bridgehead atoms. The predicted molar refractivity (Wildman–Crippen MR) is 69.7 cm³/mol. The summed E-state index contributed by atoms with van der Waals surface area (Å²) in [6.45, 7) is 4.32. The van der Waals surface area contributed by atoms with E-state index in [0.717, 1.165) is 30.9 Å². The number of fused-ring (bicyclic) bond motifs is 1. The molecule has 17 heavy (non-hydrogen) atoms. The first-order valence-corrected chi connectivity index (χ1v) is 7.45. The van der Waals surface area contributed by atoms with Crippen molar-refractivity contribution in [2.45, 2.75) is 51.5 Å². The standard InChI is InChI=1S/C15H25NO/c1-2-8-16-15(11-5-4-9-17-10-11)14-12-6-3-7-13(12)14/h10,12-16H,2-9H2,1H3. The van der Waals surface area contributed by atoms with E-state index < -0.39 is 0 Å². The Balaban J connectivity index is 1.66. The van der Waals surface area contributed by atoms with Gasteiger partial charge in [0.15, 0.2) is 0 Å². The quantitative estimate of drug-likeness (QED) is 0.790. The third-order valence-corrected chi connectivity index (χ3v) is 4.83. The molecule has 0 aromatic rings. The second-order valence-electron chi connectivity index (χ2n) is 5.93. The van der Waals surface area contributed by atoms with Crippen molar-refractivity contribution in [2.75, 3.05) is 13.2 Å². The normalized spacial score (nSPS) is 37.0. The molecule has 0 aromatic carbocycles. The maximum Gasteiger partial charge on any atom is 0.0876 e. The van der Waals surface area contributed by atoms with Gasteiger partial charge in [0.2, 0.25) is 0 Å². The van der Waals surface area contributed by atoms with Gasteiger partial charge in [-0.05, 0) is 62.0 Å². The zero-order valence-corrected chi connectivity index (χ0v) is 11.0. The van der Waals surface area contributed by atoms with Crippen LogP contribution in [0, 0.1) is 17.8 Å². The highest BCUT2D eigenvalue weighted by molar-refractivity contribution is 5.20. The minimum Gasteiger partial charge on any atom is -0.501 e. The molecule has 2 fully saturated rings. The van der Waals surface area contributed by atoms with Crippen LogP contribution in [0.2, 0.25) is 0 Å². The topological polar surface area (TPSA) is 21.3 Å². The molecule has 1 heterocycles. The monoisotopic (exact) mass is 235 g/mol. The van der Waals surface area contributed by atoms with Crippen LogP contribution in [0.3, 0.4) is 0 Å². The average molecular weight is 235 g/mol. The summed E-state index contributed by atoms with van der Waals surface area (Å²) in [5.41, 5.74) is 1.55. The molecule has 2 nitrogen and oxygen atoms in total. The van der Waals surface area contributed by atoms with E-state index in [1.165, 1.54) is 38.5 Å². The van der Waals surface area contributed by atoms with E-state index in [-0.39, 0.29) is 0 Å². The maximum atomic E-state index is 5.54. The lowest BCUT2D eigenvalue weighted by molar-refractivity contribution is 0.216. The molecule has 0 spiro atoms. The SMILES string of the molecule is CCCNC(C1=COCCC1)C1C2CCCC21. The van der Waals surface area contributed by atoms with Crippen molar-refractivity contribution >= 4 is 0 Å². The molecule has 3 rings (SSSR count). The fourth-order valence-electron chi connectivity index (χ4n) is 4.00. The van der Waals surface area contributed by atoms with Crippen LogP contribution in [0.4, 0.5) is 0 Å². The highest BCUT2D eigenvalue weighted by Gasteiger charge is 2.56. The molecule has 1 aliphatic heterocycles. The van der Waals surface area contributed by atoms with Gasteiger partial charge in [0.25, 0.3) is 0 Å². The zero-order valence-electron chi connectivity index (χ0n) is 11.0. The van der Waals surface area contributed by atoms with Gasteiger partial charge in [0, 0.05) is 6.04 Å². The van der Waals surface area contributed by atoms with E-state index in [1.807, 2.05) is 0 Å². The van der Waals surface area contributed by atoms with Crippen LogP contribution < -0.4 is 5.32 Å². The molecule has 0 saturated heterocycles. The number of rotatable bonds is 5. The Hall–Kier alpha value is -0.500. The first-order valence-electron chi connectivity index (χ1n) is 7.45. The van der Waals surface area contributed by atoms with Gasteiger partial charge >= 0.3 is 0 Å². The molecular formula is C15H25NO. The van der Waals surface area contributed by atoms with Crippen molar-refractivity contribution < 1.29 is 4.74 Å². The first kappa shape index (κ1) is 11.6. The van der Waals surface area contributed by atoms with Crippen LogP contribution in [-0.4, -0.2) is 19.2 Å². The molecule has 0 amide bonds. The van der Waals surface area contributed by atoms with Gasteiger partial charge in [0.1, 0.15) is 0 Å². The van der Waals surface area contributed by atoms with Crippen molar-refractivity contribution in [2.24, 2.45) is 17.8 Å². The molecule has 0 aromatic heterocycles. The molecule has 1 N–H and O–H groups in total. The largest absolute Gasteiger partial charge is 0.501 e. The third kappa shape index (κ3) is 2.24. The summed E-state index contributed by atoms with van der Waals surface area (Å²) in [5.74, 6) is 3.00. The second kappa shape index (κ2) is 5.01. The van der Waals surface area contributed by atoms with E-state index >= 15 is 0 Å². The second-order valence-corrected chi connectivity index (χ2v) is 5.93. The van der Waals surface area contributed by atoms with Crippen LogP contribution in [0.15, 0.2) is 11.8 Å². The summed E-state index contributed by atoms with van der Waals surface area (Å²) in [5, 5.41) is 3.78. The number of nitrogens with one attached hydrogen (secondary N) is 1. The summed E-state index contributed by atoms with van der Waals surface area (Å²) < 4.78 is 5.54. The van der Waals surface area contributed by atoms with Gasteiger partial charge in [-0.15, -0.1) is 0 Å². The van der Waals surface area contributed by atoms with Gasteiger partial charge < -0.3 is 10.1 Å². The van der Waals surface area contributed by atoms with Crippen LogP contribution in [0.5, 0.6) is 0 Å². The fourth-order valence-corrected chi connectivity index (χ4v) is 4.00. The van der Waals surface area contributed by atoms with Crippen molar-refractivity contribution in [3.8, 4) is 0 Å². The van der Waals surface area contributed by atoms with Gasteiger partial charge in [0.05, 0.1) is 12.9 Å². The Bertz CT molecular complexity index is 289. The van der Waals surface area contributed by atoms with E-state index in [9.17, 15) is 0 Å². The van der Waals surface area contributed by atoms with Gasteiger partial charge in [-0.25, -0.2) is 0 Å². The van der Waals surface area contributed by atoms with Crippen molar-refractivity contribution in [1.29, 1.82) is 0 Å². The van der Waals surface area contributed by atoms with Gasteiger partial charge in [-0.1, -0.05) is 13.3 Å². The Kier molecular flexibility index (Phi) is 3.41. The first-order chi connectivity index (χ1) is 8.42. The number of hydrogen-bond donors (Lipinski definition) is 1. The molecular weight excluding hydrogens is 210 g/mol. The van der Waals surface area contributed by atoms with Gasteiger partial charge in [-0.3, -0.25) is 0 Å². The van der Waals surface area contributed by atoms with E-state index in [1.54, 1.807) is 5.57 Å². The summed E-state index contributed by atoms with van der Waals surface area (Å²) in [6.07, 6.45) is 10.2. The minimum absolute atomic E-state index is 0.630. The van der Waals surface area contributed by atoms with E-state index in [4.69, 9.17) is 4.74 Å². The van der Waals surface area contributed by atoms with Gasteiger partial charge in [-0.2, -0.15) is 0 Å². The Morgan fingerprint density at radius 3 is 2.82 bits per heavy atom. The molecule has 2 heteroatoms. The van der Waals surface area contributed by atoms with E-state index in [0.29, 0.717) is 6.04 Å². The van der Waals surface area contributed by atoms with Crippen molar-refractivity contribution in [3.05, 3.63) is 11.8 Å². The lowest BCUT2D eigenvalue weighted by Crippen LogP contribution is -2.36. The summed E-state index contributed by atoms with van der Waals surface area (Å²) >= 11 is 0. The van der Waals surface area contributed by atoms with Crippen LogP contribution >= 0.6 is 0 Å². The minimum atomic E-state index is 0.630. The molecule has 3 unspecified atom stereocenters. The van der Waals surface area contributed by atoms with Crippen LogP contribution in [0.1, 0.15) is 45.4 Å². The highest BCUT2D eigenvalue weighted by Crippen LogP contribution is 2.60. The molecule has 2 saturated carbocycles. The number of hydrogen-bond acceptors (Lipinski definition) is 2. The molecule has 2 aliphatic carbocycles. The molecule has 96 valence electrons. The smallest absolute Gasteiger partial charge is 0.0876 e. The number of ether oxygens (including phenoxy) is 1. The summed E-state index contributed by atoms with van der Waals surface area (Å²) in [4.78, 5) is 0. The fraction of sp³-hybridized carbons (Fsp3) is 0.867. The Morgan fingerprint density at radius 1 is 1.35 bits per heavy atom. The van der Waals surface area contributed by atoms with Crippen molar-refractivity contribution in [1.82, 2.24) is 5.32 Å². The zero-order chi connectivity index (χ0) is 11.7.